The van der Waals surface area contributed by atoms with Gasteiger partial charge < -0.3 is 15.3 Å². The molecule has 0 saturated carbocycles. The van der Waals surface area contributed by atoms with E-state index in [0.717, 1.165) is 32.1 Å². The molecule has 0 aromatic carbocycles. The van der Waals surface area contributed by atoms with Crippen LogP contribution in [0.3, 0.4) is 0 Å². The highest BCUT2D eigenvalue weighted by atomic mass is 16.4. The SMILES string of the molecule is CCCCCC1C=CC(CCCCCC(CO)C(=O)O)C(O)C1. The molecular formula is C19H34O4. The van der Waals surface area contributed by atoms with Crippen molar-refractivity contribution in [2.45, 2.75) is 77.2 Å². The number of unbranched alkanes of at least 4 members (excludes halogenated alkanes) is 4. The third-order valence-corrected chi connectivity index (χ3v) is 5.01. The largest absolute Gasteiger partial charge is 0.481 e. The van der Waals surface area contributed by atoms with Crippen molar-refractivity contribution in [3.63, 3.8) is 0 Å². The van der Waals surface area contributed by atoms with E-state index in [1.807, 2.05) is 0 Å². The average Bonchev–Trinajstić information content (AvgIpc) is 2.52. The van der Waals surface area contributed by atoms with Gasteiger partial charge in [-0.2, -0.15) is 0 Å². The van der Waals surface area contributed by atoms with Crippen molar-refractivity contribution < 1.29 is 20.1 Å². The Bertz CT molecular complexity index is 353. The predicted octanol–water partition coefficient (Wildman–Crippen LogP) is 3.76. The summed E-state index contributed by atoms with van der Waals surface area (Å²) in [5.74, 6) is -0.745. The summed E-state index contributed by atoms with van der Waals surface area (Å²) in [6.07, 6.45) is 14.4. The molecule has 4 atom stereocenters. The van der Waals surface area contributed by atoms with E-state index in [2.05, 4.69) is 19.1 Å². The van der Waals surface area contributed by atoms with Crippen molar-refractivity contribution in [3.05, 3.63) is 12.2 Å². The smallest absolute Gasteiger partial charge is 0.308 e. The third kappa shape index (κ3) is 7.98. The molecule has 4 unspecified atom stereocenters. The molecule has 4 heteroatoms. The normalized spacial score (nSPS) is 25.4. The van der Waals surface area contributed by atoms with Crippen LogP contribution < -0.4 is 0 Å². The number of carboxylic acid groups (broad SMARTS) is 1. The minimum atomic E-state index is -0.910. The Morgan fingerprint density at radius 1 is 1.13 bits per heavy atom. The van der Waals surface area contributed by atoms with Gasteiger partial charge in [-0.1, -0.05) is 57.6 Å². The van der Waals surface area contributed by atoms with Crippen LogP contribution in [-0.2, 0) is 4.79 Å². The molecule has 134 valence electrons. The zero-order valence-electron chi connectivity index (χ0n) is 14.5. The lowest BCUT2D eigenvalue weighted by molar-refractivity contribution is -0.143. The van der Waals surface area contributed by atoms with E-state index in [0.29, 0.717) is 12.3 Å². The van der Waals surface area contributed by atoms with Gasteiger partial charge in [-0.3, -0.25) is 4.79 Å². The Morgan fingerprint density at radius 3 is 2.48 bits per heavy atom. The Kier molecular flexibility index (Phi) is 10.2. The van der Waals surface area contributed by atoms with Gasteiger partial charge in [0, 0.05) is 5.92 Å². The zero-order chi connectivity index (χ0) is 17.1. The summed E-state index contributed by atoms with van der Waals surface area (Å²) in [7, 11) is 0. The van der Waals surface area contributed by atoms with Crippen molar-refractivity contribution in [2.75, 3.05) is 6.61 Å². The van der Waals surface area contributed by atoms with Crippen LogP contribution in [0.5, 0.6) is 0 Å². The quantitative estimate of drug-likeness (QED) is 0.377. The van der Waals surface area contributed by atoms with Crippen LogP contribution in [0.1, 0.15) is 71.1 Å². The van der Waals surface area contributed by atoms with E-state index in [4.69, 9.17) is 10.2 Å². The number of aliphatic carboxylic acids is 1. The molecule has 0 amide bonds. The molecule has 0 aromatic heterocycles. The fourth-order valence-electron chi connectivity index (χ4n) is 3.39. The fraction of sp³-hybridized carbons (Fsp3) is 0.842. The predicted molar refractivity (Wildman–Crippen MR) is 92.2 cm³/mol. The van der Waals surface area contributed by atoms with Crippen molar-refractivity contribution in [1.29, 1.82) is 0 Å². The standard InChI is InChI=1S/C19H34O4/c1-2-3-5-8-15-11-12-16(18(21)13-15)9-6-4-7-10-17(14-20)19(22)23/h11-12,15-18,20-21H,2-10,13-14H2,1H3,(H,22,23). The van der Waals surface area contributed by atoms with Gasteiger partial charge in [-0.15, -0.1) is 0 Å². The molecular weight excluding hydrogens is 292 g/mol. The summed E-state index contributed by atoms with van der Waals surface area (Å²) in [4.78, 5) is 10.8. The number of hydrogen-bond acceptors (Lipinski definition) is 3. The molecule has 3 N–H and O–H groups in total. The highest BCUT2D eigenvalue weighted by Crippen LogP contribution is 2.29. The molecule has 4 nitrogen and oxygen atoms in total. The lowest BCUT2D eigenvalue weighted by atomic mass is 9.81. The van der Waals surface area contributed by atoms with Crippen LogP contribution in [0.25, 0.3) is 0 Å². The van der Waals surface area contributed by atoms with E-state index in [9.17, 15) is 9.90 Å². The topological polar surface area (TPSA) is 77.8 Å². The molecule has 23 heavy (non-hydrogen) atoms. The molecule has 1 rings (SSSR count). The monoisotopic (exact) mass is 326 g/mol. The zero-order valence-corrected chi connectivity index (χ0v) is 14.5. The van der Waals surface area contributed by atoms with E-state index in [-0.39, 0.29) is 18.6 Å². The molecule has 0 aliphatic heterocycles. The number of carboxylic acids is 1. The number of allylic oxidation sites excluding steroid dienone is 1. The third-order valence-electron chi connectivity index (χ3n) is 5.01. The second-order valence-corrected chi connectivity index (χ2v) is 6.96. The van der Waals surface area contributed by atoms with Crippen LogP contribution in [-0.4, -0.2) is 34.0 Å². The maximum Gasteiger partial charge on any atom is 0.308 e. The Balaban J connectivity index is 2.18. The highest BCUT2D eigenvalue weighted by molar-refractivity contribution is 5.69. The van der Waals surface area contributed by atoms with Gasteiger partial charge >= 0.3 is 5.97 Å². The molecule has 0 aromatic rings. The molecule has 0 bridgehead atoms. The van der Waals surface area contributed by atoms with Crippen molar-refractivity contribution in [3.8, 4) is 0 Å². The molecule has 1 aliphatic rings. The van der Waals surface area contributed by atoms with Crippen molar-refractivity contribution in [2.24, 2.45) is 17.8 Å². The van der Waals surface area contributed by atoms with Crippen LogP contribution in [0, 0.1) is 17.8 Å². The first-order chi connectivity index (χ1) is 11.1. The Morgan fingerprint density at radius 2 is 1.87 bits per heavy atom. The van der Waals surface area contributed by atoms with Crippen molar-refractivity contribution in [1.82, 2.24) is 0 Å². The van der Waals surface area contributed by atoms with Gasteiger partial charge in [-0.05, 0) is 31.6 Å². The van der Waals surface area contributed by atoms with Gasteiger partial charge in [0.15, 0.2) is 0 Å². The number of hydrogen-bond donors (Lipinski definition) is 3. The minimum Gasteiger partial charge on any atom is -0.481 e. The maximum absolute atomic E-state index is 10.8. The average molecular weight is 326 g/mol. The van der Waals surface area contributed by atoms with E-state index in [1.54, 1.807) is 0 Å². The highest BCUT2D eigenvalue weighted by Gasteiger charge is 2.24. The number of aliphatic hydroxyl groups excluding tert-OH is 2. The van der Waals surface area contributed by atoms with Gasteiger partial charge in [0.1, 0.15) is 0 Å². The van der Waals surface area contributed by atoms with E-state index in [1.165, 1.54) is 25.7 Å². The van der Waals surface area contributed by atoms with Crippen LogP contribution in [0.2, 0.25) is 0 Å². The molecule has 0 fully saturated rings. The summed E-state index contributed by atoms with van der Waals surface area (Å²) < 4.78 is 0. The molecule has 0 radical (unpaired) electrons. The first-order valence-electron chi connectivity index (χ1n) is 9.28. The Labute approximate surface area is 140 Å². The number of aliphatic hydroxyl groups is 2. The lowest BCUT2D eigenvalue weighted by Gasteiger charge is -2.28. The molecule has 1 aliphatic carbocycles. The molecule has 0 spiro atoms. The van der Waals surface area contributed by atoms with Crippen LogP contribution in [0.15, 0.2) is 12.2 Å². The van der Waals surface area contributed by atoms with Crippen LogP contribution >= 0.6 is 0 Å². The summed E-state index contributed by atoms with van der Waals surface area (Å²) in [6.45, 7) is 1.93. The summed E-state index contributed by atoms with van der Waals surface area (Å²) in [5, 5.41) is 28.1. The minimum absolute atomic E-state index is 0.226. The summed E-state index contributed by atoms with van der Waals surface area (Å²) in [6, 6.07) is 0. The second kappa shape index (κ2) is 11.6. The first-order valence-corrected chi connectivity index (χ1v) is 9.28. The van der Waals surface area contributed by atoms with E-state index < -0.39 is 11.9 Å². The van der Waals surface area contributed by atoms with Crippen molar-refractivity contribution >= 4 is 5.97 Å². The fourth-order valence-corrected chi connectivity index (χ4v) is 3.39. The number of rotatable bonds is 12. The van der Waals surface area contributed by atoms with E-state index >= 15 is 0 Å². The second-order valence-electron chi connectivity index (χ2n) is 6.96. The summed E-state index contributed by atoms with van der Waals surface area (Å²) in [5.41, 5.74) is 0. The van der Waals surface area contributed by atoms with Gasteiger partial charge in [0.2, 0.25) is 0 Å². The lowest BCUT2D eigenvalue weighted by Crippen LogP contribution is -2.25. The number of carbonyl (C=O) groups is 1. The molecule has 0 saturated heterocycles. The Hall–Kier alpha value is -0.870. The van der Waals surface area contributed by atoms with Gasteiger partial charge in [0.25, 0.3) is 0 Å². The van der Waals surface area contributed by atoms with Gasteiger partial charge in [-0.25, -0.2) is 0 Å². The van der Waals surface area contributed by atoms with Gasteiger partial charge in [0.05, 0.1) is 18.6 Å². The maximum atomic E-state index is 10.8. The van der Waals surface area contributed by atoms with Crippen LogP contribution in [0.4, 0.5) is 0 Å². The summed E-state index contributed by atoms with van der Waals surface area (Å²) >= 11 is 0. The first kappa shape index (κ1) is 20.2. The molecule has 0 heterocycles.